The molecule has 0 radical (unpaired) electrons. The maximum Gasteiger partial charge on any atom is 0.433 e. The number of halogens is 3. The Morgan fingerprint density at radius 1 is 1.04 bits per heavy atom. The van der Waals surface area contributed by atoms with Crippen LogP contribution in [0.3, 0.4) is 0 Å². The van der Waals surface area contributed by atoms with Crippen LogP contribution in [-0.4, -0.2) is 10.9 Å². The minimum absolute atomic E-state index is 0.0722. The van der Waals surface area contributed by atoms with E-state index in [-0.39, 0.29) is 12.1 Å². The molecule has 0 fully saturated rings. The van der Waals surface area contributed by atoms with E-state index in [9.17, 15) is 18.0 Å². The molecule has 3 aromatic rings. The molecule has 0 bridgehead atoms. The molecule has 1 aromatic carbocycles. The van der Waals surface area contributed by atoms with Crippen molar-refractivity contribution in [1.29, 1.82) is 0 Å². The molecule has 0 saturated carbocycles. The number of benzene rings is 1. The van der Waals surface area contributed by atoms with Gasteiger partial charge in [0.25, 0.3) is 5.91 Å². The fourth-order valence-electron chi connectivity index (χ4n) is 2.22. The van der Waals surface area contributed by atoms with E-state index >= 15 is 0 Å². The maximum absolute atomic E-state index is 12.5. The Hall–Kier alpha value is -3.09. The lowest BCUT2D eigenvalue weighted by Gasteiger charge is -2.08. The van der Waals surface area contributed by atoms with E-state index in [0.717, 1.165) is 35.0 Å². The second-order valence-electron chi connectivity index (χ2n) is 5.32. The van der Waals surface area contributed by atoms with Gasteiger partial charge >= 0.3 is 6.18 Å². The molecule has 7 heteroatoms. The van der Waals surface area contributed by atoms with Gasteiger partial charge in [-0.25, -0.2) is 0 Å². The number of nitrogens with one attached hydrogen (secondary N) is 1. The molecule has 25 heavy (non-hydrogen) atoms. The number of carbonyl (C=O) groups excluding carboxylic acids is 1. The van der Waals surface area contributed by atoms with E-state index in [1.165, 1.54) is 0 Å². The van der Waals surface area contributed by atoms with Crippen molar-refractivity contribution in [2.75, 3.05) is 0 Å². The number of pyridine rings is 1. The normalized spacial score (nSPS) is 11.3. The summed E-state index contributed by atoms with van der Waals surface area (Å²) in [6.45, 7) is 0.255. The highest BCUT2D eigenvalue weighted by Gasteiger charge is 2.32. The highest BCUT2D eigenvalue weighted by atomic mass is 19.4. The Balaban J connectivity index is 1.60. The van der Waals surface area contributed by atoms with Gasteiger partial charge in [0.2, 0.25) is 0 Å². The van der Waals surface area contributed by atoms with Gasteiger partial charge in [0.05, 0.1) is 18.1 Å². The van der Waals surface area contributed by atoms with E-state index in [1.807, 2.05) is 30.3 Å². The summed E-state index contributed by atoms with van der Waals surface area (Å²) in [7, 11) is 0. The number of carbonyl (C=O) groups is 1. The van der Waals surface area contributed by atoms with Crippen molar-refractivity contribution in [3.63, 3.8) is 0 Å². The Bertz CT molecular complexity index is 840. The number of nitrogens with zero attached hydrogens (tertiary/aromatic N) is 1. The molecule has 0 aliphatic heterocycles. The second-order valence-corrected chi connectivity index (χ2v) is 5.32. The van der Waals surface area contributed by atoms with Crippen molar-refractivity contribution in [3.8, 4) is 11.1 Å². The maximum atomic E-state index is 12.5. The van der Waals surface area contributed by atoms with Crippen LogP contribution in [0.4, 0.5) is 13.2 Å². The van der Waals surface area contributed by atoms with Gasteiger partial charge in [-0.05, 0) is 29.3 Å². The summed E-state index contributed by atoms with van der Waals surface area (Å²) in [5.41, 5.74) is 1.84. The standard InChI is InChI=1S/C18H13F3N2O2/c19-18(20,21)16-6-5-14(10-22-16)17(24)23-9-12-1-3-13(4-2-12)15-7-8-25-11-15/h1-8,10-11H,9H2,(H,23,24). The molecule has 3 rings (SSSR count). The summed E-state index contributed by atoms with van der Waals surface area (Å²) in [6.07, 6.45) is -0.387. The fourth-order valence-corrected chi connectivity index (χ4v) is 2.22. The molecule has 1 amide bonds. The van der Waals surface area contributed by atoms with Gasteiger partial charge < -0.3 is 9.73 Å². The van der Waals surface area contributed by atoms with Gasteiger partial charge in [-0.1, -0.05) is 24.3 Å². The van der Waals surface area contributed by atoms with Crippen LogP contribution in [0.25, 0.3) is 11.1 Å². The molecular formula is C18H13F3N2O2. The van der Waals surface area contributed by atoms with Gasteiger partial charge in [0.1, 0.15) is 5.69 Å². The zero-order valence-corrected chi connectivity index (χ0v) is 12.9. The molecule has 0 saturated heterocycles. The molecule has 0 spiro atoms. The summed E-state index contributed by atoms with van der Waals surface area (Å²) in [5, 5.41) is 2.65. The summed E-state index contributed by atoms with van der Waals surface area (Å²) in [6, 6.07) is 11.2. The number of amides is 1. The van der Waals surface area contributed by atoms with Crippen molar-refractivity contribution in [2.24, 2.45) is 0 Å². The molecule has 0 atom stereocenters. The molecule has 0 aliphatic rings. The number of hydrogen-bond acceptors (Lipinski definition) is 3. The smallest absolute Gasteiger partial charge is 0.433 e. The largest absolute Gasteiger partial charge is 0.472 e. The summed E-state index contributed by atoms with van der Waals surface area (Å²) < 4.78 is 42.4. The van der Waals surface area contributed by atoms with Gasteiger partial charge in [-0.2, -0.15) is 13.2 Å². The first-order chi connectivity index (χ1) is 11.9. The molecule has 4 nitrogen and oxygen atoms in total. The Morgan fingerprint density at radius 3 is 2.36 bits per heavy atom. The average molecular weight is 346 g/mol. The first-order valence-electron chi connectivity index (χ1n) is 7.36. The third-order valence-corrected chi connectivity index (χ3v) is 3.58. The van der Waals surface area contributed by atoms with E-state index < -0.39 is 17.8 Å². The summed E-state index contributed by atoms with van der Waals surface area (Å²) >= 11 is 0. The molecule has 1 N–H and O–H groups in total. The average Bonchev–Trinajstić information content (AvgIpc) is 3.14. The molecule has 0 aliphatic carbocycles. The lowest BCUT2D eigenvalue weighted by Crippen LogP contribution is -2.23. The van der Waals surface area contributed by atoms with Crippen molar-refractivity contribution in [1.82, 2.24) is 10.3 Å². The lowest BCUT2D eigenvalue weighted by molar-refractivity contribution is -0.141. The Labute approximate surface area is 141 Å². The predicted molar refractivity (Wildman–Crippen MR) is 84.6 cm³/mol. The molecule has 0 unspecified atom stereocenters. The zero-order chi connectivity index (χ0) is 17.9. The number of aromatic nitrogens is 1. The summed E-state index contributed by atoms with van der Waals surface area (Å²) in [5.74, 6) is -0.486. The van der Waals surface area contributed by atoms with Gasteiger partial charge in [-0.3, -0.25) is 9.78 Å². The molecule has 2 heterocycles. The Morgan fingerprint density at radius 2 is 1.80 bits per heavy atom. The quantitative estimate of drug-likeness (QED) is 0.767. The first-order valence-corrected chi connectivity index (χ1v) is 7.36. The molecular weight excluding hydrogens is 333 g/mol. The third kappa shape index (κ3) is 4.06. The fraction of sp³-hybridized carbons (Fsp3) is 0.111. The Kier molecular flexibility index (Phi) is 4.56. The minimum atomic E-state index is -4.52. The minimum Gasteiger partial charge on any atom is -0.472 e. The van der Waals surface area contributed by atoms with Crippen molar-refractivity contribution in [2.45, 2.75) is 12.7 Å². The van der Waals surface area contributed by atoms with Crippen LogP contribution in [0.1, 0.15) is 21.6 Å². The van der Waals surface area contributed by atoms with Gasteiger partial charge in [0, 0.05) is 18.3 Å². The highest BCUT2D eigenvalue weighted by Crippen LogP contribution is 2.27. The first kappa shape index (κ1) is 16.8. The van der Waals surface area contributed by atoms with Crippen LogP contribution in [0.15, 0.2) is 65.6 Å². The van der Waals surface area contributed by atoms with Crippen molar-refractivity contribution in [3.05, 3.63) is 78.0 Å². The monoisotopic (exact) mass is 346 g/mol. The zero-order valence-electron chi connectivity index (χ0n) is 12.9. The number of alkyl halides is 3. The van der Waals surface area contributed by atoms with Crippen LogP contribution >= 0.6 is 0 Å². The van der Waals surface area contributed by atoms with E-state index in [1.54, 1.807) is 12.5 Å². The van der Waals surface area contributed by atoms with E-state index in [4.69, 9.17) is 4.42 Å². The van der Waals surface area contributed by atoms with Crippen LogP contribution in [0.2, 0.25) is 0 Å². The predicted octanol–water partition coefficient (Wildman–Crippen LogP) is 4.29. The lowest BCUT2D eigenvalue weighted by atomic mass is 10.1. The SMILES string of the molecule is O=C(NCc1ccc(-c2ccoc2)cc1)c1ccc(C(F)(F)F)nc1. The molecule has 2 aromatic heterocycles. The second kappa shape index (κ2) is 6.80. The van der Waals surface area contributed by atoms with E-state index in [2.05, 4.69) is 10.3 Å². The van der Waals surface area contributed by atoms with Gasteiger partial charge in [0.15, 0.2) is 0 Å². The van der Waals surface area contributed by atoms with Crippen LogP contribution in [0, 0.1) is 0 Å². The van der Waals surface area contributed by atoms with Crippen LogP contribution in [0.5, 0.6) is 0 Å². The number of hydrogen-bond donors (Lipinski definition) is 1. The number of rotatable bonds is 4. The van der Waals surface area contributed by atoms with Crippen molar-refractivity contribution < 1.29 is 22.4 Å². The van der Waals surface area contributed by atoms with Crippen molar-refractivity contribution >= 4 is 5.91 Å². The summed E-state index contributed by atoms with van der Waals surface area (Å²) in [4.78, 5) is 15.3. The van der Waals surface area contributed by atoms with Crippen LogP contribution < -0.4 is 5.32 Å². The van der Waals surface area contributed by atoms with Crippen LogP contribution in [-0.2, 0) is 12.7 Å². The van der Waals surface area contributed by atoms with Gasteiger partial charge in [-0.15, -0.1) is 0 Å². The number of furan rings is 1. The third-order valence-electron chi connectivity index (χ3n) is 3.58. The van der Waals surface area contributed by atoms with E-state index in [0.29, 0.717) is 0 Å². The molecule has 128 valence electrons. The topological polar surface area (TPSA) is 55.1 Å². The highest BCUT2D eigenvalue weighted by molar-refractivity contribution is 5.93.